The van der Waals surface area contributed by atoms with Crippen LogP contribution in [0.1, 0.15) is 5.56 Å². The van der Waals surface area contributed by atoms with E-state index in [0.29, 0.717) is 11.3 Å². The molecule has 2 rings (SSSR count). The minimum Gasteiger partial charge on any atom is -0.506 e. The molecule has 0 aliphatic heterocycles. The topological polar surface area (TPSA) is 151 Å². The molecule has 0 aliphatic carbocycles. The van der Waals surface area contributed by atoms with Crippen LogP contribution in [-0.2, 0) is 11.2 Å². The van der Waals surface area contributed by atoms with Gasteiger partial charge in [0.05, 0.1) is 10.6 Å². The summed E-state index contributed by atoms with van der Waals surface area (Å²) < 4.78 is 0. The summed E-state index contributed by atoms with van der Waals surface area (Å²) in [4.78, 5) is 20.8. The van der Waals surface area contributed by atoms with Crippen molar-refractivity contribution in [2.75, 3.05) is 0 Å². The second-order valence-corrected chi connectivity index (χ2v) is 4.95. The Hall–Kier alpha value is -3.33. The molecule has 0 aromatic heterocycles. The average molecular weight is 330 g/mol. The van der Waals surface area contributed by atoms with Crippen molar-refractivity contribution in [1.82, 2.24) is 0 Å². The third-order valence-corrected chi connectivity index (χ3v) is 3.15. The predicted molar refractivity (Wildman–Crippen MR) is 84.7 cm³/mol. The van der Waals surface area contributed by atoms with E-state index in [2.05, 4.69) is 10.2 Å². The number of carboxylic acids is 1. The first-order valence-corrected chi connectivity index (χ1v) is 6.83. The number of nitro groups is 1. The van der Waals surface area contributed by atoms with Gasteiger partial charge in [-0.15, -0.1) is 5.11 Å². The van der Waals surface area contributed by atoms with Crippen molar-refractivity contribution in [2.24, 2.45) is 16.0 Å². The van der Waals surface area contributed by atoms with E-state index in [1.165, 1.54) is 36.4 Å². The monoisotopic (exact) mass is 330 g/mol. The summed E-state index contributed by atoms with van der Waals surface area (Å²) in [5, 5.41) is 36.9. The molecule has 0 saturated carbocycles. The lowest BCUT2D eigenvalue weighted by molar-refractivity contribution is -0.384. The molecule has 0 bridgehead atoms. The van der Waals surface area contributed by atoms with Crippen LogP contribution in [-0.4, -0.2) is 27.1 Å². The van der Waals surface area contributed by atoms with Crippen LogP contribution in [0.15, 0.2) is 52.7 Å². The Morgan fingerprint density at radius 1 is 1.21 bits per heavy atom. The van der Waals surface area contributed by atoms with Crippen LogP contribution in [0, 0.1) is 10.1 Å². The Kier molecular flexibility index (Phi) is 5.17. The van der Waals surface area contributed by atoms with E-state index >= 15 is 0 Å². The molecule has 0 saturated heterocycles. The van der Waals surface area contributed by atoms with Gasteiger partial charge in [-0.2, -0.15) is 5.11 Å². The van der Waals surface area contributed by atoms with Crippen molar-refractivity contribution in [3.63, 3.8) is 0 Å². The fraction of sp³-hybridized carbons (Fsp3) is 0.133. The maximum Gasteiger partial charge on any atom is 0.320 e. The Bertz CT molecular complexity index is 789. The summed E-state index contributed by atoms with van der Waals surface area (Å²) in [5.74, 6) is -1.26. The van der Waals surface area contributed by atoms with Crippen LogP contribution in [0.3, 0.4) is 0 Å². The van der Waals surface area contributed by atoms with Gasteiger partial charge in [-0.1, -0.05) is 6.07 Å². The zero-order valence-corrected chi connectivity index (χ0v) is 12.4. The highest BCUT2D eigenvalue weighted by Crippen LogP contribution is 2.29. The Balaban J connectivity index is 2.18. The van der Waals surface area contributed by atoms with Gasteiger partial charge in [-0.25, -0.2) is 0 Å². The number of nitrogens with zero attached hydrogens (tertiary/aromatic N) is 3. The molecule has 0 amide bonds. The van der Waals surface area contributed by atoms with Gasteiger partial charge in [0.25, 0.3) is 5.69 Å². The molecular formula is C15H14N4O5. The van der Waals surface area contributed by atoms with Crippen LogP contribution in [0.2, 0.25) is 0 Å². The van der Waals surface area contributed by atoms with Crippen molar-refractivity contribution in [3.05, 3.63) is 58.1 Å². The first-order valence-electron chi connectivity index (χ1n) is 6.83. The minimum atomic E-state index is -1.13. The number of azo groups is 1. The predicted octanol–water partition coefficient (Wildman–Crippen LogP) is 2.67. The quantitative estimate of drug-likeness (QED) is 0.420. The summed E-state index contributed by atoms with van der Waals surface area (Å²) in [6.07, 6.45) is 0.0790. The summed E-state index contributed by atoms with van der Waals surface area (Å²) >= 11 is 0. The Morgan fingerprint density at radius 2 is 1.88 bits per heavy atom. The van der Waals surface area contributed by atoms with Crippen molar-refractivity contribution in [2.45, 2.75) is 12.5 Å². The normalized spacial score (nSPS) is 12.2. The number of carboxylic acid groups (broad SMARTS) is 1. The molecule has 2 aromatic rings. The second-order valence-electron chi connectivity index (χ2n) is 4.95. The van der Waals surface area contributed by atoms with Gasteiger partial charge in [-0.3, -0.25) is 14.9 Å². The lowest BCUT2D eigenvalue weighted by Crippen LogP contribution is -2.32. The van der Waals surface area contributed by atoms with Crippen LogP contribution in [0.25, 0.3) is 0 Å². The molecule has 0 heterocycles. The third kappa shape index (κ3) is 4.34. The van der Waals surface area contributed by atoms with Gasteiger partial charge < -0.3 is 15.9 Å². The van der Waals surface area contributed by atoms with Crippen LogP contribution >= 0.6 is 0 Å². The number of nitrogens with two attached hydrogens (primary N) is 1. The number of aliphatic carboxylic acids is 1. The highest BCUT2D eigenvalue weighted by atomic mass is 16.6. The van der Waals surface area contributed by atoms with Gasteiger partial charge >= 0.3 is 5.97 Å². The number of carbonyl (C=O) groups is 1. The third-order valence-electron chi connectivity index (χ3n) is 3.15. The summed E-state index contributed by atoms with van der Waals surface area (Å²) in [6.45, 7) is 0. The second kappa shape index (κ2) is 7.29. The number of rotatable bonds is 6. The number of hydrogen-bond donors (Lipinski definition) is 3. The van der Waals surface area contributed by atoms with Crippen LogP contribution in [0.4, 0.5) is 17.1 Å². The largest absolute Gasteiger partial charge is 0.506 e. The van der Waals surface area contributed by atoms with Crippen molar-refractivity contribution in [1.29, 1.82) is 0 Å². The highest BCUT2D eigenvalue weighted by molar-refractivity contribution is 5.73. The number of phenols is 1. The number of nitro benzene ring substituents is 1. The molecule has 0 radical (unpaired) electrons. The average Bonchev–Trinajstić information content (AvgIpc) is 2.55. The van der Waals surface area contributed by atoms with Crippen LogP contribution in [0.5, 0.6) is 5.75 Å². The molecule has 124 valence electrons. The number of non-ortho nitro benzene ring substituents is 1. The fourth-order valence-electron chi connectivity index (χ4n) is 1.87. The number of aromatic hydroxyl groups is 1. The molecule has 0 fully saturated rings. The minimum absolute atomic E-state index is 0.0681. The number of hydrogen-bond acceptors (Lipinski definition) is 7. The molecule has 0 aliphatic rings. The Morgan fingerprint density at radius 3 is 2.46 bits per heavy atom. The standard InChI is InChI=1S/C15H14N4O5/c16-12(15(21)22)7-9-1-6-14(20)13(8-9)18-17-10-2-4-11(5-3-10)19(23)24/h1-6,8,12,20H,7,16H2,(H,21,22)/t12-/m0/s1. The van der Waals surface area contributed by atoms with E-state index in [1.807, 2.05) is 0 Å². The molecule has 9 heteroatoms. The van der Waals surface area contributed by atoms with Gasteiger partial charge in [0.1, 0.15) is 17.5 Å². The maximum atomic E-state index is 10.8. The maximum absolute atomic E-state index is 10.8. The lowest BCUT2D eigenvalue weighted by atomic mass is 10.1. The summed E-state index contributed by atoms with van der Waals surface area (Å²) in [6, 6.07) is 8.75. The van der Waals surface area contributed by atoms with Crippen molar-refractivity contribution >= 4 is 23.0 Å². The van der Waals surface area contributed by atoms with E-state index in [9.17, 15) is 20.0 Å². The van der Waals surface area contributed by atoms with E-state index in [4.69, 9.17) is 10.8 Å². The highest BCUT2D eigenvalue weighted by Gasteiger charge is 2.13. The van der Waals surface area contributed by atoms with E-state index in [0.717, 1.165) is 0 Å². The molecule has 24 heavy (non-hydrogen) atoms. The van der Waals surface area contributed by atoms with E-state index in [1.54, 1.807) is 6.07 Å². The molecule has 0 spiro atoms. The first kappa shape index (κ1) is 17.0. The van der Waals surface area contributed by atoms with Crippen LogP contribution < -0.4 is 5.73 Å². The fourth-order valence-corrected chi connectivity index (χ4v) is 1.87. The molecule has 2 aromatic carbocycles. The lowest BCUT2D eigenvalue weighted by Gasteiger charge is -2.07. The van der Waals surface area contributed by atoms with Gasteiger partial charge in [0, 0.05) is 12.1 Å². The SMILES string of the molecule is N[C@@H](Cc1ccc(O)c(N=Nc2ccc([N+](=O)[O-])cc2)c1)C(=O)O. The molecular weight excluding hydrogens is 316 g/mol. The van der Waals surface area contributed by atoms with Crippen molar-refractivity contribution in [3.8, 4) is 5.75 Å². The van der Waals surface area contributed by atoms with Gasteiger partial charge in [-0.05, 0) is 36.2 Å². The van der Waals surface area contributed by atoms with Gasteiger partial charge in [0.15, 0.2) is 0 Å². The van der Waals surface area contributed by atoms with E-state index < -0.39 is 16.9 Å². The molecule has 0 unspecified atom stereocenters. The summed E-state index contributed by atoms with van der Waals surface area (Å²) in [5.41, 5.74) is 6.49. The van der Waals surface area contributed by atoms with Gasteiger partial charge in [0.2, 0.25) is 0 Å². The first-order chi connectivity index (χ1) is 11.4. The number of benzene rings is 2. The van der Waals surface area contributed by atoms with Crippen molar-refractivity contribution < 1.29 is 19.9 Å². The molecule has 9 nitrogen and oxygen atoms in total. The van der Waals surface area contributed by atoms with E-state index in [-0.39, 0.29) is 23.5 Å². The zero-order valence-electron chi connectivity index (χ0n) is 12.4. The number of phenolic OH excluding ortho intramolecular Hbond substituents is 1. The smallest absolute Gasteiger partial charge is 0.320 e. The zero-order chi connectivity index (χ0) is 17.7. The Labute approximate surface area is 136 Å². The molecule has 4 N–H and O–H groups in total. The molecule has 1 atom stereocenters. The summed E-state index contributed by atoms with van der Waals surface area (Å²) in [7, 11) is 0.